The van der Waals surface area contributed by atoms with Crippen molar-refractivity contribution in [3.8, 4) is 5.75 Å². The van der Waals surface area contributed by atoms with Crippen molar-refractivity contribution in [3.63, 3.8) is 0 Å². The fourth-order valence-corrected chi connectivity index (χ4v) is 2.21. The Kier molecular flexibility index (Phi) is 8.85. The first kappa shape index (κ1) is 20.0. The number of ether oxygens (including phenoxy) is 2. The van der Waals surface area contributed by atoms with E-state index in [-0.39, 0.29) is 19.1 Å². The summed E-state index contributed by atoms with van der Waals surface area (Å²) in [4.78, 5) is 34.3. The Balaban J connectivity index is 2.23. The maximum absolute atomic E-state index is 11.6. The second-order valence-electron chi connectivity index (χ2n) is 5.01. The van der Waals surface area contributed by atoms with Gasteiger partial charge in [0.1, 0.15) is 5.75 Å². The van der Waals surface area contributed by atoms with Gasteiger partial charge in [0.2, 0.25) is 5.91 Å². The molecule has 0 heterocycles. The summed E-state index contributed by atoms with van der Waals surface area (Å²) in [5.41, 5.74) is 1.05. The van der Waals surface area contributed by atoms with Crippen LogP contribution in [-0.2, 0) is 19.1 Å². The highest BCUT2D eigenvalue weighted by molar-refractivity contribution is 9.10. The molecule has 8 heteroatoms. The monoisotopic (exact) mass is 400 g/mol. The van der Waals surface area contributed by atoms with E-state index < -0.39 is 18.5 Å². The predicted octanol–water partition coefficient (Wildman–Crippen LogP) is 1.32. The van der Waals surface area contributed by atoms with E-state index in [0.29, 0.717) is 12.3 Å². The number of carbonyl (C=O) groups is 3. The van der Waals surface area contributed by atoms with Crippen LogP contribution in [0, 0.1) is 6.92 Å². The summed E-state index contributed by atoms with van der Waals surface area (Å²) in [6, 6.07) is 5.44. The van der Waals surface area contributed by atoms with Crippen LogP contribution >= 0.6 is 15.9 Å². The van der Waals surface area contributed by atoms with E-state index in [1.165, 1.54) is 0 Å². The Morgan fingerprint density at radius 1 is 1.12 bits per heavy atom. The molecule has 0 aliphatic heterocycles. The first-order valence-corrected chi connectivity index (χ1v) is 8.29. The summed E-state index contributed by atoms with van der Waals surface area (Å²) in [6.45, 7) is 3.49. The summed E-state index contributed by atoms with van der Waals surface area (Å²) in [6.07, 6.45) is 0.814. The molecule has 0 radical (unpaired) electrons. The van der Waals surface area contributed by atoms with E-state index in [1.54, 1.807) is 6.07 Å². The van der Waals surface area contributed by atoms with Gasteiger partial charge in [0.05, 0.1) is 11.0 Å². The van der Waals surface area contributed by atoms with Crippen molar-refractivity contribution in [2.75, 3.05) is 26.3 Å². The molecule has 0 aliphatic carbocycles. The van der Waals surface area contributed by atoms with Crippen molar-refractivity contribution >= 4 is 33.7 Å². The van der Waals surface area contributed by atoms with Crippen molar-refractivity contribution in [2.45, 2.75) is 20.3 Å². The van der Waals surface area contributed by atoms with Crippen LogP contribution in [0.4, 0.5) is 0 Å². The van der Waals surface area contributed by atoms with Crippen LogP contribution in [0.2, 0.25) is 0 Å². The minimum absolute atomic E-state index is 0.150. The lowest BCUT2D eigenvalue weighted by Crippen LogP contribution is -2.39. The van der Waals surface area contributed by atoms with Crippen molar-refractivity contribution in [3.05, 3.63) is 28.2 Å². The van der Waals surface area contributed by atoms with Crippen LogP contribution in [0.1, 0.15) is 18.9 Å². The number of carbonyl (C=O) groups excluding carboxylic acids is 3. The van der Waals surface area contributed by atoms with Crippen molar-refractivity contribution < 1.29 is 23.9 Å². The number of hydrogen-bond acceptors (Lipinski definition) is 5. The zero-order chi connectivity index (χ0) is 17.9. The Hall–Kier alpha value is -2.09. The van der Waals surface area contributed by atoms with E-state index in [9.17, 15) is 14.4 Å². The van der Waals surface area contributed by atoms with Crippen LogP contribution in [0.25, 0.3) is 0 Å². The van der Waals surface area contributed by atoms with Gasteiger partial charge in [-0.1, -0.05) is 13.0 Å². The number of rotatable bonds is 9. The summed E-state index contributed by atoms with van der Waals surface area (Å²) in [5, 5.41) is 4.97. The van der Waals surface area contributed by atoms with Gasteiger partial charge in [-0.25, -0.2) is 4.79 Å². The third-order valence-corrected chi connectivity index (χ3v) is 3.44. The predicted molar refractivity (Wildman–Crippen MR) is 91.6 cm³/mol. The van der Waals surface area contributed by atoms with Gasteiger partial charge >= 0.3 is 5.97 Å². The van der Waals surface area contributed by atoms with Gasteiger partial charge in [0.25, 0.3) is 5.91 Å². The number of hydrogen-bond donors (Lipinski definition) is 2. The van der Waals surface area contributed by atoms with Crippen molar-refractivity contribution in [1.82, 2.24) is 10.6 Å². The molecular formula is C16H21BrN2O5. The van der Waals surface area contributed by atoms with Gasteiger partial charge in [-0.2, -0.15) is 0 Å². The summed E-state index contributed by atoms with van der Waals surface area (Å²) in [5.74, 6) is -1.00. The molecule has 1 aromatic rings. The van der Waals surface area contributed by atoms with Gasteiger partial charge in [0.15, 0.2) is 13.2 Å². The first-order chi connectivity index (χ1) is 11.4. The number of nitrogens with one attached hydrogen (secondary N) is 2. The highest BCUT2D eigenvalue weighted by Crippen LogP contribution is 2.25. The van der Waals surface area contributed by atoms with E-state index in [1.807, 2.05) is 26.0 Å². The van der Waals surface area contributed by atoms with E-state index in [4.69, 9.17) is 9.47 Å². The molecule has 0 atom stereocenters. The molecule has 1 rings (SSSR count). The van der Waals surface area contributed by atoms with Crippen LogP contribution in [-0.4, -0.2) is 44.1 Å². The van der Waals surface area contributed by atoms with Crippen molar-refractivity contribution in [2.24, 2.45) is 0 Å². The standard InChI is InChI=1S/C16H21BrN2O5/c1-3-6-18-14(20)8-19-15(21)9-24-16(22)10-23-13-5-4-11(2)7-12(13)17/h4-5,7H,3,6,8-10H2,1-2H3,(H,18,20)(H,19,21). The summed E-state index contributed by atoms with van der Waals surface area (Å²) < 4.78 is 10.8. The topological polar surface area (TPSA) is 93.7 Å². The minimum atomic E-state index is -0.673. The van der Waals surface area contributed by atoms with Gasteiger partial charge in [-0.3, -0.25) is 9.59 Å². The van der Waals surface area contributed by atoms with Crippen LogP contribution in [0.3, 0.4) is 0 Å². The average molecular weight is 401 g/mol. The average Bonchev–Trinajstić information content (AvgIpc) is 2.55. The number of amides is 2. The lowest BCUT2D eigenvalue weighted by molar-refractivity contribution is -0.150. The van der Waals surface area contributed by atoms with Gasteiger partial charge < -0.3 is 20.1 Å². The fourth-order valence-electron chi connectivity index (χ4n) is 1.60. The lowest BCUT2D eigenvalue weighted by atomic mass is 10.2. The Morgan fingerprint density at radius 2 is 1.88 bits per heavy atom. The molecule has 0 fully saturated rings. The molecule has 0 saturated carbocycles. The second kappa shape index (κ2) is 10.6. The largest absolute Gasteiger partial charge is 0.481 e. The fraction of sp³-hybridized carbons (Fsp3) is 0.438. The molecule has 132 valence electrons. The molecular weight excluding hydrogens is 380 g/mol. The smallest absolute Gasteiger partial charge is 0.344 e. The zero-order valence-corrected chi connectivity index (χ0v) is 15.3. The quantitative estimate of drug-likeness (QED) is 0.609. The summed E-state index contributed by atoms with van der Waals surface area (Å²) in [7, 11) is 0. The van der Waals surface area contributed by atoms with E-state index in [0.717, 1.165) is 16.5 Å². The highest BCUT2D eigenvalue weighted by atomic mass is 79.9. The SMILES string of the molecule is CCCNC(=O)CNC(=O)COC(=O)COc1ccc(C)cc1Br. The molecule has 0 aromatic heterocycles. The first-order valence-electron chi connectivity index (χ1n) is 7.50. The van der Waals surface area contributed by atoms with Crippen molar-refractivity contribution in [1.29, 1.82) is 0 Å². The molecule has 0 saturated heterocycles. The van der Waals surface area contributed by atoms with Gasteiger partial charge in [-0.15, -0.1) is 0 Å². The molecule has 0 bridgehead atoms. The molecule has 0 aliphatic rings. The molecule has 0 spiro atoms. The van der Waals surface area contributed by atoms with Crippen LogP contribution < -0.4 is 15.4 Å². The number of aryl methyl sites for hydroxylation is 1. The third kappa shape index (κ3) is 7.96. The minimum Gasteiger partial charge on any atom is -0.481 e. The molecule has 2 N–H and O–H groups in total. The Morgan fingerprint density at radius 3 is 2.54 bits per heavy atom. The lowest BCUT2D eigenvalue weighted by Gasteiger charge is -2.09. The van der Waals surface area contributed by atoms with Gasteiger partial charge in [-0.05, 0) is 47.0 Å². The summed E-state index contributed by atoms with van der Waals surface area (Å²) >= 11 is 3.33. The molecule has 24 heavy (non-hydrogen) atoms. The Labute approximate surface area is 149 Å². The van der Waals surface area contributed by atoms with E-state index in [2.05, 4.69) is 26.6 Å². The van der Waals surface area contributed by atoms with Crippen LogP contribution in [0.5, 0.6) is 5.75 Å². The zero-order valence-electron chi connectivity index (χ0n) is 13.7. The van der Waals surface area contributed by atoms with E-state index >= 15 is 0 Å². The number of benzene rings is 1. The molecule has 0 unspecified atom stereocenters. The Bertz CT molecular complexity index is 592. The molecule has 1 aromatic carbocycles. The number of esters is 1. The van der Waals surface area contributed by atoms with Crippen LogP contribution in [0.15, 0.2) is 22.7 Å². The van der Waals surface area contributed by atoms with Gasteiger partial charge in [0, 0.05) is 6.54 Å². The highest BCUT2D eigenvalue weighted by Gasteiger charge is 2.10. The molecule has 2 amide bonds. The maximum atomic E-state index is 11.6. The number of halogens is 1. The maximum Gasteiger partial charge on any atom is 0.344 e. The second-order valence-corrected chi connectivity index (χ2v) is 5.86. The third-order valence-electron chi connectivity index (χ3n) is 2.82. The normalized spacial score (nSPS) is 9.96. The molecule has 7 nitrogen and oxygen atoms in total.